The minimum absolute atomic E-state index is 0.0558. The van der Waals surface area contributed by atoms with Gasteiger partial charge in [0.25, 0.3) is 0 Å². The number of Topliss-reactive ketones (excluding diaryl/α,β-unsaturated/α-hetero) is 1. The van der Waals surface area contributed by atoms with E-state index in [9.17, 15) is 14.7 Å². The molecule has 4 heteroatoms. The second kappa shape index (κ2) is 6.62. The van der Waals surface area contributed by atoms with Gasteiger partial charge in [0.2, 0.25) is 0 Å². The Morgan fingerprint density at radius 1 is 1.29 bits per heavy atom. The number of rotatable bonds is 5. The predicted molar refractivity (Wildman–Crippen MR) is 93.6 cm³/mol. The molecule has 1 saturated carbocycles. The number of carbonyl (C=O) groups excluding carboxylic acids is 1. The van der Waals surface area contributed by atoms with E-state index in [2.05, 4.69) is 20.8 Å². The standard InChI is InChI=1S/C20H32O4/c1-12(11-15(21)22)7-8-14-13(2)16(23)17(24)18-19(3,4)9-6-10-20(14,18)5/h12,17-18,24H,6-11H2,1-5H3,(H,21,22)/t12?,17-,18?,20+/m0/s1. The number of ketones is 1. The number of carbonyl (C=O) groups is 2. The number of allylic oxidation sites excluding steroid dienone is 1. The van der Waals surface area contributed by atoms with Crippen molar-refractivity contribution in [1.82, 2.24) is 0 Å². The van der Waals surface area contributed by atoms with Crippen LogP contribution in [0.2, 0.25) is 0 Å². The van der Waals surface area contributed by atoms with Gasteiger partial charge in [-0.25, -0.2) is 0 Å². The number of aliphatic hydroxyl groups excluding tert-OH is 1. The van der Waals surface area contributed by atoms with E-state index in [0.29, 0.717) is 5.57 Å². The van der Waals surface area contributed by atoms with E-state index in [-0.39, 0.29) is 34.9 Å². The molecular weight excluding hydrogens is 304 g/mol. The molecule has 24 heavy (non-hydrogen) atoms. The zero-order valence-corrected chi connectivity index (χ0v) is 15.7. The summed E-state index contributed by atoms with van der Waals surface area (Å²) >= 11 is 0. The van der Waals surface area contributed by atoms with Gasteiger partial charge in [0, 0.05) is 12.3 Å². The molecule has 136 valence electrons. The number of carboxylic acid groups (broad SMARTS) is 1. The molecule has 4 nitrogen and oxygen atoms in total. The summed E-state index contributed by atoms with van der Waals surface area (Å²) in [5, 5.41) is 19.7. The van der Waals surface area contributed by atoms with Crippen LogP contribution < -0.4 is 0 Å². The predicted octanol–water partition coefficient (Wildman–Crippen LogP) is 3.97. The van der Waals surface area contributed by atoms with Crippen LogP contribution in [0.4, 0.5) is 0 Å². The van der Waals surface area contributed by atoms with Crippen LogP contribution in [0, 0.1) is 22.7 Å². The van der Waals surface area contributed by atoms with Gasteiger partial charge in [-0.05, 0) is 54.9 Å². The van der Waals surface area contributed by atoms with E-state index < -0.39 is 12.1 Å². The van der Waals surface area contributed by atoms with E-state index in [1.807, 2.05) is 13.8 Å². The maximum atomic E-state index is 12.6. The van der Waals surface area contributed by atoms with Gasteiger partial charge in [0.1, 0.15) is 6.10 Å². The van der Waals surface area contributed by atoms with Gasteiger partial charge in [0.15, 0.2) is 5.78 Å². The largest absolute Gasteiger partial charge is 0.481 e. The average Bonchev–Trinajstić information content (AvgIpc) is 2.42. The van der Waals surface area contributed by atoms with Crippen LogP contribution in [-0.2, 0) is 9.59 Å². The summed E-state index contributed by atoms with van der Waals surface area (Å²) in [5.74, 6) is -0.872. The van der Waals surface area contributed by atoms with Gasteiger partial charge in [0.05, 0.1) is 0 Å². The molecule has 0 aromatic rings. The number of aliphatic hydroxyl groups is 1. The minimum Gasteiger partial charge on any atom is -0.481 e. The molecule has 0 radical (unpaired) electrons. The smallest absolute Gasteiger partial charge is 0.303 e. The first-order valence-electron chi connectivity index (χ1n) is 9.15. The third-order valence-corrected chi connectivity index (χ3v) is 6.55. The molecule has 2 aliphatic carbocycles. The molecule has 0 saturated heterocycles. The Balaban J connectivity index is 2.33. The van der Waals surface area contributed by atoms with Crippen molar-refractivity contribution in [3.8, 4) is 0 Å². The zero-order chi connectivity index (χ0) is 18.3. The molecule has 0 aliphatic heterocycles. The minimum atomic E-state index is -0.912. The van der Waals surface area contributed by atoms with E-state index in [1.54, 1.807) is 0 Å². The first-order chi connectivity index (χ1) is 11.0. The average molecular weight is 336 g/mol. The van der Waals surface area contributed by atoms with Crippen LogP contribution in [0.25, 0.3) is 0 Å². The van der Waals surface area contributed by atoms with Gasteiger partial charge in [-0.15, -0.1) is 0 Å². The molecule has 2 aliphatic rings. The fraction of sp³-hybridized carbons (Fsp3) is 0.800. The van der Waals surface area contributed by atoms with Crippen molar-refractivity contribution in [3.63, 3.8) is 0 Å². The maximum absolute atomic E-state index is 12.6. The zero-order valence-electron chi connectivity index (χ0n) is 15.7. The highest BCUT2D eigenvalue weighted by Crippen LogP contribution is 2.59. The van der Waals surface area contributed by atoms with Crippen molar-refractivity contribution in [2.75, 3.05) is 0 Å². The highest BCUT2D eigenvalue weighted by Gasteiger charge is 2.56. The molecule has 0 amide bonds. The molecule has 1 fully saturated rings. The summed E-state index contributed by atoms with van der Waals surface area (Å²) in [5.41, 5.74) is 1.64. The monoisotopic (exact) mass is 336 g/mol. The lowest BCUT2D eigenvalue weighted by Gasteiger charge is -2.56. The van der Waals surface area contributed by atoms with Crippen molar-refractivity contribution in [1.29, 1.82) is 0 Å². The first kappa shape index (κ1) is 19.2. The molecule has 0 spiro atoms. The Morgan fingerprint density at radius 3 is 2.50 bits per heavy atom. The van der Waals surface area contributed by atoms with Crippen molar-refractivity contribution in [3.05, 3.63) is 11.1 Å². The Labute approximate surface area is 145 Å². The van der Waals surface area contributed by atoms with Crippen molar-refractivity contribution in [2.45, 2.75) is 79.2 Å². The van der Waals surface area contributed by atoms with Gasteiger partial charge in [-0.3, -0.25) is 9.59 Å². The van der Waals surface area contributed by atoms with Gasteiger partial charge < -0.3 is 10.2 Å². The lowest BCUT2D eigenvalue weighted by molar-refractivity contribution is -0.141. The summed E-state index contributed by atoms with van der Waals surface area (Å²) in [6.07, 6.45) is 3.89. The van der Waals surface area contributed by atoms with Crippen LogP contribution in [0.15, 0.2) is 11.1 Å². The summed E-state index contributed by atoms with van der Waals surface area (Å²) in [6, 6.07) is 0. The SMILES string of the molecule is CC1=C(CCC(C)CC(=O)O)[C@@]2(C)CCCC(C)(C)C2[C@@H](O)C1=O. The fourth-order valence-electron chi connectivity index (χ4n) is 5.41. The fourth-order valence-corrected chi connectivity index (χ4v) is 5.41. The van der Waals surface area contributed by atoms with Crippen LogP contribution in [0.1, 0.15) is 73.1 Å². The summed E-state index contributed by atoms with van der Waals surface area (Å²) in [4.78, 5) is 23.5. The van der Waals surface area contributed by atoms with Crippen molar-refractivity contribution in [2.24, 2.45) is 22.7 Å². The Bertz CT molecular complexity index is 560. The van der Waals surface area contributed by atoms with Crippen LogP contribution in [0.5, 0.6) is 0 Å². The molecule has 4 atom stereocenters. The molecule has 2 unspecified atom stereocenters. The number of carboxylic acids is 1. The quantitative estimate of drug-likeness (QED) is 0.796. The summed E-state index contributed by atoms with van der Waals surface area (Å²) < 4.78 is 0. The van der Waals surface area contributed by atoms with Crippen LogP contribution >= 0.6 is 0 Å². The third kappa shape index (κ3) is 3.30. The number of aliphatic carboxylic acids is 1. The normalized spacial score (nSPS) is 34.0. The molecular formula is C20H32O4. The summed E-state index contributed by atoms with van der Waals surface area (Å²) in [6.45, 7) is 10.3. The van der Waals surface area contributed by atoms with Crippen molar-refractivity contribution < 1.29 is 19.8 Å². The molecule has 0 aromatic carbocycles. The van der Waals surface area contributed by atoms with Crippen molar-refractivity contribution >= 4 is 11.8 Å². The van der Waals surface area contributed by atoms with Gasteiger partial charge in [-0.1, -0.05) is 39.7 Å². The summed E-state index contributed by atoms with van der Waals surface area (Å²) in [7, 11) is 0. The van der Waals surface area contributed by atoms with E-state index >= 15 is 0 Å². The molecule has 0 bridgehead atoms. The Morgan fingerprint density at radius 2 is 1.92 bits per heavy atom. The molecule has 2 rings (SSSR count). The molecule has 2 N–H and O–H groups in total. The number of hydrogen-bond donors (Lipinski definition) is 2. The van der Waals surface area contributed by atoms with E-state index in [4.69, 9.17) is 5.11 Å². The Kier molecular flexibility index (Phi) is 5.29. The second-order valence-electron chi connectivity index (χ2n) is 8.89. The van der Waals surface area contributed by atoms with Crippen LogP contribution in [0.3, 0.4) is 0 Å². The lowest BCUT2D eigenvalue weighted by Crippen LogP contribution is -2.55. The second-order valence-corrected chi connectivity index (χ2v) is 8.89. The number of fused-ring (bicyclic) bond motifs is 1. The molecule has 0 heterocycles. The van der Waals surface area contributed by atoms with Gasteiger partial charge >= 0.3 is 5.97 Å². The first-order valence-corrected chi connectivity index (χ1v) is 9.15. The van der Waals surface area contributed by atoms with Gasteiger partial charge in [-0.2, -0.15) is 0 Å². The molecule has 0 aromatic heterocycles. The van der Waals surface area contributed by atoms with E-state index in [1.165, 1.54) is 0 Å². The highest BCUT2D eigenvalue weighted by atomic mass is 16.4. The van der Waals surface area contributed by atoms with E-state index in [0.717, 1.165) is 37.7 Å². The Hall–Kier alpha value is -1.16. The third-order valence-electron chi connectivity index (χ3n) is 6.55. The van der Waals surface area contributed by atoms with Crippen LogP contribution in [-0.4, -0.2) is 28.1 Å². The number of hydrogen-bond acceptors (Lipinski definition) is 3. The lowest BCUT2D eigenvalue weighted by atomic mass is 9.48. The highest BCUT2D eigenvalue weighted by molar-refractivity contribution is 6.00. The topological polar surface area (TPSA) is 74.6 Å². The maximum Gasteiger partial charge on any atom is 0.303 e.